The summed E-state index contributed by atoms with van der Waals surface area (Å²) in [4.78, 5) is 26.5. The van der Waals surface area contributed by atoms with Gasteiger partial charge in [-0.15, -0.1) is 11.8 Å². The minimum Gasteiger partial charge on any atom is -0.502 e. The van der Waals surface area contributed by atoms with Crippen molar-refractivity contribution in [3.05, 3.63) is 92.1 Å². The molecule has 0 saturated carbocycles. The lowest BCUT2D eigenvalue weighted by molar-refractivity contribution is -0.173. The van der Waals surface area contributed by atoms with Crippen LogP contribution in [0.15, 0.2) is 58.4 Å². The van der Waals surface area contributed by atoms with Gasteiger partial charge in [-0.25, -0.2) is 4.39 Å². The molecule has 188 valence electrons. The lowest BCUT2D eigenvalue weighted by Gasteiger charge is -2.46. The minimum atomic E-state index is -4.78. The molecule has 6 nitrogen and oxygen atoms in total. The van der Waals surface area contributed by atoms with E-state index in [0.717, 1.165) is 18.6 Å². The fourth-order valence-electron chi connectivity index (χ4n) is 4.52. The molecule has 1 amide bonds. The van der Waals surface area contributed by atoms with Crippen molar-refractivity contribution in [3.8, 4) is 5.75 Å². The maximum atomic E-state index is 14.5. The van der Waals surface area contributed by atoms with Gasteiger partial charge < -0.3 is 10.0 Å². The summed E-state index contributed by atoms with van der Waals surface area (Å²) in [7, 11) is 0. The molecule has 0 spiro atoms. The van der Waals surface area contributed by atoms with Crippen LogP contribution in [0.5, 0.6) is 5.75 Å². The average Bonchev–Trinajstić information content (AvgIpc) is 2.98. The second-order valence-corrected chi connectivity index (χ2v) is 9.88. The third-order valence-corrected chi connectivity index (χ3v) is 8.02. The van der Waals surface area contributed by atoms with Crippen molar-refractivity contribution in [1.82, 2.24) is 9.58 Å². The molecule has 2 atom stereocenters. The highest BCUT2D eigenvalue weighted by atomic mass is 35.5. The summed E-state index contributed by atoms with van der Waals surface area (Å²) in [5, 5.41) is 12.3. The third-order valence-electron chi connectivity index (χ3n) is 6.40. The molecule has 0 unspecified atom stereocenters. The summed E-state index contributed by atoms with van der Waals surface area (Å²) in [6.07, 6.45) is -3.56. The summed E-state index contributed by atoms with van der Waals surface area (Å²) in [6.45, 7) is 0.261. The molecule has 0 radical (unpaired) electrons. The van der Waals surface area contributed by atoms with Crippen LogP contribution in [0.3, 0.4) is 0 Å². The van der Waals surface area contributed by atoms with Gasteiger partial charge in [0.15, 0.2) is 11.4 Å². The van der Waals surface area contributed by atoms with Gasteiger partial charge in [-0.05, 0) is 41.8 Å². The Balaban J connectivity index is 1.80. The Morgan fingerprint density at radius 1 is 1.14 bits per heavy atom. The van der Waals surface area contributed by atoms with E-state index in [9.17, 15) is 32.3 Å². The number of carbonyl (C=O) groups is 1. The molecular weight excluding hydrogens is 522 g/mol. The number of amides is 1. The largest absolute Gasteiger partial charge is 0.502 e. The smallest absolute Gasteiger partial charge is 0.408 e. The molecule has 2 aromatic carbocycles. The van der Waals surface area contributed by atoms with E-state index in [4.69, 9.17) is 11.6 Å². The summed E-state index contributed by atoms with van der Waals surface area (Å²) >= 11 is 7.89. The highest BCUT2D eigenvalue weighted by Crippen LogP contribution is 2.46. The normalized spacial score (nSPS) is 18.3. The molecule has 2 aliphatic heterocycles. The number of aromatic nitrogens is 1. The number of benzene rings is 2. The van der Waals surface area contributed by atoms with E-state index in [1.807, 2.05) is 0 Å². The van der Waals surface area contributed by atoms with Crippen molar-refractivity contribution in [2.75, 3.05) is 11.7 Å². The Labute approximate surface area is 211 Å². The zero-order valence-corrected chi connectivity index (χ0v) is 20.2. The van der Waals surface area contributed by atoms with E-state index >= 15 is 0 Å². The number of alkyl halides is 3. The van der Waals surface area contributed by atoms with Crippen molar-refractivity contribution in [3.63, 3.8) is 0 Å². The van der Waals surface area contributed by atoms with Crippen LogP contribution in [0.2, 0.25) is 5.02 Å². The second kappa shape index (κ2) is 8.74. The first-order valence-electron chi connectivity index (χ1n) is 10.8. The van der Waals surface area contributed by atoms with Gasteiger partial charge in [-0.1, -0.05) is 29.8 Å². The average molecular weight is 540 g/mol. The third kappa shape index (κ3) is 3.90. The summed E-state index contributed by atoms with van der Waals surface area (Å²) in [5.74, 6) is -2.26. The number of aromatic hydroxyl groups is 1. The van der Waals surface area contributed by atoms with Crippen molar-refractivity contribution < 1.29 is 27.5 Å². The molecular formula is C24H18ClF4N3O3S. The topological polar surface area (TPSA) is 65.8 Å². The molecule has 3 heterocycles. The summed E-state index contributed by atoms with van der Waals surface area (Å²) < 4.78 is 57.0. The Hall–Kier alpha value is -3.18. The van der Waals surface area contributed by atoms with Gasteiger partial charge in [0.1, 0.15) is 18.5 Å². The maximum absolute atomic E-state index is 14.5. The molecule has 0 fully saturated rings. The predicted octanol–water partition coefficient (Wildman–Crippen LogP) is 5.04. The van der Waals surface area contributed by atoms with Gasteiger partial charge in [0.05, 0.1) is 11.1 Å². The first kappa shape index (κ1) is 24.5. The molecule has 12 heteroatoms. The molecule has 0 bridgehead atoms. The van der Waals surface area contributed by atoms with Gasteiger partial charge in [0.25, 0.3) is 5.91 Å². The monoisotopic (exact) mass is 539 g/mol. The van der Waals surface area contributed by atoms with E-state index in [0.29, 0.717) is 31.7 Å². The van der Waals surface area contributed by atoms with E-state index < -0.39 is 53.5 Å². The number of nitrogens with zero attached hydrogens (tertiary/aromatic N) is 3. The molecule has 0 aliphatic carbocycles. The highest BCUT2D eigenvalue weighted by Gasteiger charge is 2.47. The van der Waals surface area contributed by atoms with Crippen LogP contribution in [0, 0.1) is 5.82 Å². The van der Waals surface area contributed by atoms with Crippen LogP contribution in [0.25, 0.3) is 0 Å². The number of rotatable bonds is 2. The van der Waals surface area contributed by atoms with E-state index in [-0.39, 0.29) is 0 Å². The van der Waals surface area contributed by atoms with Crippen molar-refractivity contribution >= 4 is 29.3 Å². The fourth-order valence-corrected chi connectivity index (χ4v) is 5.98. The van der Waals surface area contributed by atoms with Gasteiger partial charge in [0, 0.05) is 22.9 Å². The SMILES string of the molecule is C[C@@H](N1CN([C@H]2c3cc(F)ccc3CSc3c(Cl)cccc32)n2ccc(=O)c(O)c2C1=O)C(F)(F)F. The van der Waals surface area contributed by atoms with Crippen LogP contribution < -0.4 is 10.4 Å². The van der Waals surface area contributed by atoms with E-state index in [1.54, 1.807) is 24.3 Å². The van der Waals surface area contributed by atoms with Crippen molar-refractivity contribution in [1.29, 1.82) is 0 Å². The number of carbonyl (C=O) groups excluding carboxylic acids is 1. The van der Waals surface area contributed by atoms with Crippen molar-refractivity contribution in [2.45, 2.75) is 35.8 Å². The van der Waals surface area contributed by atoms with Gasteiger partial charge >= 0.3 is 6.18 Å². The Bertz CT molecular complexity index is 1440. The summed E-state index contributed by atoms with van der Waals surface area (Å²) in [6, 6.07) is 7.14. The number of fused-ring (bicyclic) bond motifs is 3. The summed E-state index contributed by atoms with van der Waals surface area (Å²) in [5.41, 5.74) is 0.236. The number of thioether (sulfide) groups is 1. The molecule has 5 rings (SSSR count). The quantitative estimate of drug-likeness (QED) is 0.462. The number of hydrogen-bond donors (Lipinski definition) is 1. The van der Waals surface area contributed by atoms with Crippen LogP contribution in [0.1, 0.15) is 40.1 Å². The molecule has 0 saturated heterocycles. The molecule has 36 heavy (non-hydrogen) atoms. The standard InChI is InChI=1S/C24H18ClF4N3O3S/c1-12(24(27,28)29)30-11-32(31-8-7-18(33)21(34)20(31)23(30)35)19-15-3-2-4-17(25)22(15)36-10-13-5-6-14(26)9-16(13)19/h2-9,12,19,34H,10-11H2,1H3/t12-,19-/m1/s1. The lowest BCUT2D eigenvalue weighted by atomic mass is 9.94. The van der Waals surface area contributed by atoms with Gasteiger partial charge in [-0.3, -0.25) is 19.3 Å². The zero-order chi connectivity index (χ0) is 25.9. The highest BCUT2D eigenvalue weighted by molar-refractivity contribution is 7.98. The molecule has 1 N–H and O–H groups in total. The zero-order valence-electron chi connectivity index (χ0n) is 18.6. The fraction of sp³-hybridized carbons (Fsp3) is 0.250. The Morgan fingerprint density at radius 2 is 1.89 bits per heavy atom. The van der Waals surface area contributed by atoms with Crippen LogP contribution >= 0.6 is 23.4 Å². The maximum Gasteiger partial charge on any atom is 0.408 e. The van der Waals surface area contributed by atoms with Gasteiger partial charge in [0.2, 0.25) is 5.43 Å². The van der Waals surface area contributed by atoms with Crippen LogP contribution in [0.4, 0.5) is 17.6 Å². The first-order chi connectivity index (χ1) is 17.0. The molecule has 3 aromatic rings. The second-order valence-electron chi connectivity index (χ2n) is 8.49. The number of hydrogen-bond acceptors (Lipinski definition) is 5. The number of pyridine rings is 1. The van der Waals surface area contributed by atoms with Crippen LogP contribution in [-0.4, -0.2) is 39.5 Å². The van der Waals surface area contributed by atoms with Crippen LogP contribution in [-0.2, 0) is 5.75 Å². The number of halogens is 5. The molecule has 1 aromatic heterocycles. The minimum absolute atomic E-state index is 0.410. The predicted molar refractivity (Wildman–Crippen MR) is 126 cm³/mol. The van der Waals surface area contributed by atoms with E-state index in [1.165, 1.54) is 39.8 Å². The first-order valence-corrected chi connectivity index (χ1v) is 12.1. The van der Waals surface area contributed by atoms with Gasteiger partial charge in [-0.2, -0.15) is 13.2 Å². The Morgan fingerprint density at radius 3 is 2.61 bits per heavy atom. The van der Waals surface area contributed by atoms with Crippen molar-refractivity contribution in [2.24, 2.45) is 0 Å². The lowest BCUT2D eigenvalue weighted by Crippen LogP contribution is -2.60. The van der Waals surface area contributed by atoms with E-state index in [2.05, 4.69) is 0 Å². The Kier molecular flexibility index (Phi) is 5.95. The molecule has 2 aliphatic rings.